The monoisotopic (exact) mass is 238 g/mol. The summed E-state index contributed by atoms with van der Waals surface area (Å²) in [5, 5.41) is 8.93. The fourth-order valence-electron chi connectivity index (χ4n) is 0.899. The first-order valence-corrected chi connectivity index (χ1v) is 4.81. The smallest absolute Gasteiger partial charge is 0.387 e. The van der Waals surface area contributed by atoms with Gasteiger partial charge < -0.3 is 14.6 Å². The summed E-state index contributed by atoms with van der Waals surface area (Å²) < 4.78 is 32.9. The first-order valence-electron chi connectivity index (χ1n) is 3.99. The molecule has 0 amide bonds. The third kappa shape index (κ3) is 3.05. The second-order valence-electron chi connectivity index (χ2n) is 2.38. The molecule has 84 valence electrons. The van der Waals surface area contributed by atoms with Crippen molar-refractivity contribution in [3.63, 3.8) is 0 Å². The minimum absolute atomic E-state index is 0.241. The summed E-state index contributed by atoms with van der Waals surface area (Å²) in [5.41, 5.74) is 0. The van der Waals surface area contributed by atoms with Crippen molar-refractivity contribution in [2.45, 2.75) is 13.5 Å². The van der Waals surface area contributed by atoms with Crippen LogP contribution in [0.5, 0.6) is 10.8 Å². The number of hydrogen-bond donors (Lipinski definition) is 1. The second-order valence-corrected chi connectivity index (χ2v) is 3.39. The lowest BCUT2D eigenvalue weighted by molar-refractivity contribution is -0.0500. The van der Waals surface area contributed by atoms with Gasteiger partial charge >= 0.3 is 12.6 Å². The van der Waals surface area contributed by atoms with E-state index in [4.69, 9.17) is 9.84 Å². The number of alkyl halides is 2. The number of aromatic carboxylic acids is 1. The van der Waals surface area contributed by atoms with Crippen LogP contribution in [-0.4, -0.2) is 24.3 Å². The Morgan fingerprint density at radius 1 is 1.67 bits per heavy atom. The Morgan fingerprint density at radius 3 is 2.80 bits per heavy atom. The SMILES string of the molecule is CCOc1cc(OC(F)F)c(C(=O)O)s1. The Labute approximate surface area is 88.0 Å². The van der Waals surface area contributed by atoms with Gasteiger partial charge in [0, 0.05) is 6.07 Å². The molecule has 0 fully saturated rings. The number of halogens is 2. The summed E-state index contributed by atoms with van der Waals surface area (Å²) in [5.74, 6) is -1.69. The van der Waals surface area contributed by atoms with Crippen molar-refractivity contribution < 1.29 is 28.2 Å². The van der Waals surface area contributed by atoms with Gasteiger partial charge in [-0.15, -0.1) is 0 Å². The van der Waals surface area contributed by atoms with Gasteiger partial charge in [0.2, 0.25) is 0 Å². The Bertz CT molecular complexity index is 350. The number of thiophene rings is 1. The maximum atomic E-state index is 11.9. The van der Waals surface area contributed by atoms with Crippen LogP contribution in [0.1, 0.15) is 16.6 Å². The molecule has 0 aliphatic carbocycles. The van der Waals surface area contributed by atoms with Gasteiger partial charge in [-0.1, -0.05) is 11.3 Å². The van der Waals surface area contributed by atoms with E-state index in [1.807, 2.05) is 0 Å². The average molecular weight is 238 g/mol. The van der Waals surface area contributed by atoms with Crippen molar-refractivity contribution in [3.8, 4) is 10.8 Å². The molecule has 1 aromatic rings. The minimum Gasteiger partial charge on any atom is -0.484 e. The van der Waals surface area contributed by atoms with E-state index in [1.54, 1.807) is 6.92 Å². The van der Waals surface area contributed by atoms with Crippen molar-refractivity contribution in [1.29, 1.82) is 0 Å². The highest BCUT2D eigenvalue weighted by Crippen LogP contribution is 2.35. The number of hydrogen-bond acceptors (Lipinski definition) is 4. The van der Waals surface area contributed by atoms with Crippen LogP contribution in [0.15, 0.2) is 6.07 Å². The highest BCUT2D eigenvalue weighted by atomic mass is 32.1. The molecule has 0 aliphatic heterocycles. The normalized spacial score (nSPS) is 10.4. The van der Waals surface area contributed by atoms with Gasteiger partial charge in [-0.3, -0.25) is 0 Å². The van der Waals surface area contributed by atoms with Crippen molar-refractivity contribution >= 4 is 17.3 Å². The summed E-state index contributed by atoms with van der Waals surface area (Å²) in [6.07, 6.45) is 0. The standard InChI is InChI=1S/C8H8F2O4S/c1-2-13-5-3-4(14-8(9)10)6(15-5)7(11)12/h3,8H,2H2,1H3,(H,11,12). The van der Waals surface area contributed by atoms with Crippen LogP contribution in [0.25, 0.3) is 0 Å². The molecule has 4 nitrogen and oxygen atoms in total. The van der Waals surface area contributed by atoms with E-state index in [9.17, 15) is 13.6 Å². The van der Waals surface area contributed by atoms with Crippen LogP contribution in [-0.2, 0) is 0 Å². The first-order chi connectivity index (χ1) is 7.04. The van der Waals surface area contributed by atoms with Crippen LogP contribution in [0, 0.1) is 0 Å². The number of carboxylic acid groups (broad SMARTS) is 1. The number of rotatable bonds is 5. The van der Waals surface area contributed by atoms with Crippen LogP contribution >= 0.6 is 11.3 Å². The van der Waals surface area contributed by atoms with Crippen LogP contribution in [0.2, 0.25) is 0 Å². The van der Waals surface area contributed by atoms with Crippen molar-refractivity contribution in [1.82, 2.24) is 0 Å². The number of carbonyl (C=O) groups is 1. The topological polar surface area (TPSA) is 55.8 Å². The summed E-state index contributed by atoms with van der Waals surface area (Å²) in [4.78, 5) is 10.4. The molecule has 1 N–H and O–H groups in total. The molecule has 1 heterocycles. The van der Waals surface area contributed by atoms with E-state index in [-0.39, 0.29) is 15.7 Å². The molecule has 0 atom stereocenters. The highest BCUT2D eigenvalue weighted by Gasteiger charge is 2.20. The lowest BCUT2D eigenvalue weighted by Gasteiger charge is -2.01. The molecule has 0 radical (unpaired) electrons. The van der Waals surface area contributed by atoms with Crippen LogP contribution < -0.4 is 9.47 Å². The molecular weight excluding hydrogens is 230 g/mol. The molecule has 0 aromatic carbocycles. The van der Waals surface area contributed by atoms with Gasteiger partial charge in [-0.2, -0.15) is 8.78 Å². The Balaban J connectivity index is 2.95. The largest absolute Gasteiger partial charge is 0.484 e. The minimum atomic E-state index is -3.05. The fraction of sp³-hybridized carbons (Fsp3) is 0.375. The Morgan fingerprint density at radius 2 is 2.33 bits per heavy atom. The van der Waals surface area contributed by atoms with E-state index < -0.39 is 12.6 Å². The summed E-state index contributed by atoms with van der Waals surface area (Å²) >= 11 is 0.754. The van der Waals surface area contributed by atoms with Crippen molar-refractivity contribution in [3.05, 3.63) is 10.9 Å². The van der Waals surface area contributed by atoms with Gasteiger partial charge in [0.05, 0.1) is 6.61 Å². The van der Waals surface area contributed by atoms with Gasteiger partial charge in [-0.25, -0.2) is 4.79 Å². The molecule has 15 heavy (non-hydrogen) atoms. The third-order valence-electron chi connectivity index (χ3n) is 1.37. The molecule has 7 heteroatoms. The maximum Gasteiger partial charge on any atom is 0.387 e. The molecular formula is C8H8F2O4S. The molecule has 0 unspecified atom stereocenters. The zero-order chi connectivity index (χ0) is 11.4. The van der Waals surface area contributed by atoms with E-state index in [0.717, 1.165) is 17.4 Å². The molecule has 1 aromatic heterocycles. The lowest BCUT2D eigenvalue weighted by Crippen LogP contribution is -2.04. The predicted molar refractivity (Wildman–Crippen MR) is 49.1 cm³/mol. The van der Waals surface area contributed by atoms with E-state index in [0.29, 0.717) is 6.61 Å². The molecule has 1 rings (SSSR count). The zero-order valence-electron chi connectivity index (χ0n) is 7.70. The summed E-state index contributed by atoms with van der Waals surface area (Å²) in [7, 11) is 0. The lowest BCUT2D eigenvalue weighted by atomic mass is 10.4. The maximum absolute atomic E-state index is 11.9. The highest BCUT2D eigenvalue weighted by molar-refractivity contribution is 7.16. The van der Waals surface area contributed by atoms with Gasteiger partial charge in [0.1, 0.15) is 0 Å². The first kappa shape index (κ1) is 11.7. The Hall–Kier alpha value is -1.37. The summed E-state index contributed by atoms with van der Waals surface area (Å²) in [6.45, 7) is -1.02. The molecule has 0 spiro atoms. The van der Waals surface area contributed by atoms with Crippen molar-refractivity contribution in [2.24, 2.45) is 0 Å². The molecule has 0 bridgehead atoms. The van der Waals surface area contributed by atoms with Gasteiger partial charge in [0.15, 0.2) is 15.7 Å². The predicted octanol–water partition coefficient (Wildman–Crippen LogP) is 2.45. The van der Waals surface area contributed by atoms with Gasteiger partial charge in [0.25, 0.3) is 0 Å². The van der Waals surface area contributed by atoms with E-state index in [2.05, 4.69) is 4.74 Å². The van der Waals surface area contributed by atoms with E-state index in [1.165, 1.54) is 0 Å². The fourth-order valence-corrected chi connectivity index (χ4v) is 1.74. The summed E-state index contributed by atoms with van der Waals surface area (Å²) in [6, 6.07) is 1.14. The van der Waals surface area contributed by atoms with Crippen molar-refractivity contribution in [2.75, 3.05) is 6.61 Å². The van der Waals surface area contributed by atoms with Crippen LogP contribution in [0.3, 0.4) is 0 Å². The molecule has 0 saturated carbocycles. The molecule has 0 saturated heterocycles. The zero-order valence-corrected chi connectivity index (χ0v) is 8.51. The van der Waals surface area contributed by atoms with Gasteiger partial charge in [-0.05, 0) is 6.92 Å². The molecule has 0 aliphatic rings. The van der Waals surface area contributed by atoms with E-state index >= 15 is 0 Å². The Kier molecular flexibility index (Phi) is 3.84. The third-order valence-corrected chi connectivity index (χ3v) is 2.39. The average Bonchev–Trinajstić information content (AvgIpc) is 2.47. The second kappa shape index (κ2) is 4.92. The number of carboxylic acids is 1. The quantitative estimate of drug-likeness (QED) is 0.856. The van der Waals surface area contributed by atoms with Crippen LogP contribution in [0.4, 0.5) is 8.78 Å². The number of ether oxygens (including phenoxy) is 2.